The number of ether oxygens (including phenoxy) is 1. The maximum Gasteiger partial charge on any atom is 0.238 e. The van der Waals surface area contributed by atoms with E-state index in [2.05, 4.69) is 41.0 Å². The molecule has 2 aromatic rings. The zero-order chi connectivity index (χ0) is 19.3. The number of piperazine rings is 1. The highest BCUT2D eigenvalue weighted by molar-refractivity contribution is 7.89. The fourth-order valence-electron chi connectivity index (χ4n) is 3.19. The second-order valence-corrected chi connectivity index (χ2v) is 8.27. The highest BCUT2D eigenvalue weighted by Crippen LogP contribution is 2.18. The van der Waals surface area contributed by atoms with Crippen LogP contribution in [0.15, 0.2) is 53.4 Å². The minimum absolute atomic E-state index is 0.0953. The molecule has 1 aliphatic rings. The third kappa shape index (κ3) is 5.45. The van der Waals surface area contributed by atoms with Crippen LogP contribution in [-0.4, -0.2) is 52.6 Å². The molecule has 2 aromatic carbocycles. The Hall–Kier alpha value is -2.09. The van der Waals surface area contributed by atoms with Crippen molar-refractivity contribution in [2.75, 3.05) is 44.2 Å². The summed E-state index contributed by atoms with van der Waals surface area (Å²) in [5, 5.41) is 5.09. The molecule has 1 heterocycles. The van der Waals surface area contributed by atoms with Crippen LogP contribution in [0, 0.1) is 0 Å². The Morgan fingerprint density at radius 3 is 2.15 bits per heavy atom. The lowest BCUT2D eigenvalue weighted by molar-refractivity contribution is 0.200. The average molecular weight is 390 g/mol. The molecule has 0 amide bonds. The lowest BCUT2D eigenvalue weighted by atomic mass is 10.1. The minimum Gasteiger partial charge on any atom is -0.492 e. The van der Waals surface area contributed by atoms with Gasteiger partial charge in [-0.1, -0.05) is 19.1 Å². The Balaban J connectivity index is 1.41. The molecule has 0 unspecified atom stereocenters. The Labute approximate surface area is 161 Å². The first-order valence-electron chi connectivity index (χ1n) is 9.27. The summed E-state index contributed by atoms with van der Waals surface area (Å²) in [5.41, 5.74) is 2.66. The SMILES string of the molecule is CCc1ccc(N2CCN(CCOc3ccc(S(N)(=O)=O)cc3)CC2)cc1. The minimum atomic E-state index is -3.66. The molecule has 0 atom stereocenters. The summed E-state index contributed by atoms with van der Waals surface area (Å²) in [4.78, 5) is 4.90. The smallest absolute Gasteiger partial charge is 0.238 e. The lowest BCUT2D eigenvalue weighted by Crippen LogP contribution is -2.47. The van der Waals surface area contributed by atoms with Crippen molar-refractivity contribution in [3.63, 3.8) is 0 Å². The van der Waals surface area contributed by atoms with Crippen LogP contribution in [0.25, 0.3) is 0 Å². The summed E-state index contributed by atoms with van der Waals surface area (Å²) in [6.07, 6.45) is 1.07. The Morgan fingerprint density at radius 2 is 1.59 bits per heavy atom. The highest BCUT2D eigenvalue weighted by Gasteiger charge is 2.17. The van der Waals surface area contributed by atoms with Crippen LogP contribution < -0.4 is 14.8 Å². The first-order chi connectivity index (χ1) is 13.0. The van der Waals surface area contributed by atoms with E-state index in [0.717, 1.165) is 39.1 Å². The summed E-state index contributed by atoms with van der Waals surface area (Å²) in [5.74, 6) is 0.650. The molecule has 0 bridgehead atoms. The van der Waals surface area contributed by atoms with Gasteiger partial charge in [-0.05, 0) is 48.4 Å². The van der Waals surface area contributed by atoms with Crippen LogP contribution in [-0.2, 0) is 16.4 Å². The molecule has 0 radical (unpaired) electrons. The van der Waals surface area contributed by atoms with Gasteiger partial charge in [0.25, 0.3) is 0 Å². The summed E-state index contributed by atoms with van der Waals surface area (Å²) in [6.45, 7) is 7.61. The van der Waals surface area contributed by atoms with E-state index in [4.69, 9.17) is 9.88 Å². The molecule has 0 saturated carbocycles. The van der Waals surface area contributed by atoms with Gasteiger partial charge < -0.3 is 9.64 Å². The maximum absolute atomic E-state index is 11.3. The molecule has 7 heteroatoms. The number of anilines is 1. The fraction of sp³-hybridized carbons (Fsp3) is 0.400. The standard InChI is InChI=1S/C20H27N3O3S/c1-2-17-3-5-18(6-4-17)23-13-11-22(12-14-23)15-16-26-19-7-9-20(10-8-19)27(21,24)25/h3-10H,2,11-16H2,1H3,(H2,21,24,25). The number of primary sulfonamides is 1. The summed E-state index contributed by atoms with van der Waals surface area (Å²) < 4.78 is 28.2. The molecule has 2 N–H and O–H groups in total. The number of aryl methyl sites for hydroxylation is 1. The van der Waals surface area contributed by atoms with Crippen molar-refractivity contribution < 1.29 is 13.2 Å². The largest absolute Gasteiger partial charge is 0.492 e. The Bertz CT molecular complexity index is 828. The van der Waals surface area contributed by atoms with Crippen molar-refractivity contribution in [3.8, 4) is 5.75 Å². The quantitative estimate of drug-likeness (QED) is 0.785. The van der Waals surface area contributed by atoms with Gasteiger partial charge in [-0.2, -0.15) is 0 Å². The van der Waals surface area contributed by atoms with Crippen molar-refractivity contribution in [1.82, 2.24) is 4.90 Å². The third-order valence-electron chi connectivity index (χ3n) is 4.91. The van der Waals surface area contributed by atoms with Gasteiger partial charge in [-0.25, -0.2) is 13.6 Å². The molecule has 1 aliphatic heterocycles. The molecule has 1 saturated heterocycles. The van der Waals surface area contributed by atoms with Gasteiger partial charge in [0.2, 0.25) is 10.0 Å². The van der Waals surface area contributed by atoms with Crippen LogP contribution in [0.1, 0.15) is 12.5 Å². The molecule has 27 heavy (non-hydrogen) atoms. The van der Waals surface area contributed by atoms with Gasteiger partial charge in [-0.3, -0.25) is 4.90 Å². The Morgan fingerprint density at radius 1 is 0.963 bits per heavy atom. The molecule has 0 aromatic heterocycles. The predicted molar refractivity (Wildman–Crippen MR) is 108 cm³/mol. The van der Waals surface area contributed by atoms with Gasteiger partial charge in [0.15, 0.2) is 0 Å². The van der Waals surface area contributed by atoms with Crippen molar-refractivity contribution in [3.05, 3.63) is 54.1 Å². The Kier molecular flexibility index (Phi) is 6.36. The summed E-state index contributed by atoms with van der Waals surface area (Å²) >= 11 is 0. The van der Waals surface area contributed by atoms with E-state index in [-0.39, 0.29) is 4.90 Å². The van der Waals surface area contributed by atoms with E-state index < -0.39 is 10.0 Å². The number of nitrogens with two attached hydrogens (primary N) is 1. The maximum atomic E-state index is 11.3. The van der Waals surface area contributed by atoms with Crippen LogP contribution >= 0.6 is 0 Å². The molecule has 0 aliphatic carbocycles. The van der Waals surface area contributed by atoms with E-state index in [1.54, 1.807) is 12.1 Å². The molecule has 0 spiro atoms. The number of rotatable bonds is 7. The second-order valence-electron chi connectivity index (χ2n) is 6.71. The molecule has 3 rings (SSSR count). The molecular formula is C20H27N3O3S. The molecule has 146 valence electrons. The normalized spacial score (nSPS) is 15.7. The van der Waals surface area contributed by atoms with Crippen LogP contribution in [0.2, 0.25) is 0 Å². The molecule has 6 nitrogen and oxygen atoms in total. The van der Waals surface area contributed by atoms with Gasteiger partial charge >= 0.3 is 0 Å². The van der Waals surface area contributed by atoms with Crippen molar-refractivity contribution >= 4 is 15.7 Å². The van der Waals surface area contributed by atoms with Crippen molar-refractivity contribution in [2.45, 2.75) is 18.2 Å². The summed E-state index contributed by atoms with van der Waals surface area (Å²) in [7, 11) is -3.66. The van der Waals surface area contributed by atoms with Gasteiger partial charge in [-0.15, -0.1) is 0 Å². The fourth-order valence-corrected chi connectivity index (χ4v) is 3.71. The zero-order valence-electron chi connectivity index (χ0n) is 15.7. The first kappa shape index (κ1) is 19.7. The lowest BCUT2D eigenvalue weighted by Gasteiger charge is -2.36. The van der Waals surface area contributed by atoms with Crippen LogP contribution in [0.4, 0.5) is 5.69 Å². The number of benzene rings is 2. The van der Waals surface area contributed by atoms with Crippen LogP contribution in [0.5, 0.6) is 5.75 Å². The zero-order valence-corrected chi connectivity index (χ0v) is 16.5. The highest BCUT2D eigenvalue weighted by atomic mass is 32.2. The molecule has 1 fully saturated rings. The van der Waals surface area contributed by atoms with E-state index in [1.165, 1.54) is 23.4 Å². The summed E-state index contributed by atoms with van der Waals surface area (Å²) in [6, 6.07) is 15.0. The van der Waals surface area contributed by atoms with Gasteiger partial charge in [0.1, 0.15) is 12.4 Å². The first-order valence-corrected chi connectivity index (χ1v) is 10.8. The van der Waals surface area contributed by atoms with Crippen molar-refractivity contribution in [2.24, 2.45) is 5.14 Å². The van der Waals surface area contributed by atoms with E-state index in [9.17, 15) is 8.42 Å². The number of hydrogen-bond acceptors (Lipinski definition) is 5. The number of hydrogen-bond donors (Lipinski definition) is 1. The topological polar surface area (TPSA) is 75.9 Å². The number of sulfonamides is 1. The van der Waals surface area contributed by atoms with Gasteiger partial charge in [0, 0.05) is 38.4 Å². The predicted octanol–water partition coefficient (Wildman–Crippen LogP) is 2.10. The van der Waals surface area contributed by atoms with E-state index in [0.29, 0.717) is 12.4 Å². The van der Waals surface area contributed by atoms with Gasteiger partial charge in [0.05, 0.1) is 4.90 Å². The second kappa shape index (κ2) is 8.73. The molecular weight excluding hydrogens is 362 g/mol. The van der Waals surface area contributed by atoms with Crippen LogP contribution in [0.3, 0.4) is 0 Å². The van der Waals surface area contributed by atoms with Crippen molar-refractivity contribution in [1.29, 1.82) is 0 Å². The third-order valence-corrected chi connectivity index (χ3v) is 5.84. The monoisotopic (exact) mass is 389 g/mol. The van der Waals surface area contributed by atoms with E-state index >= 15 is 0 Å². The average Bonchev–Trinajstić information content (AvgIpc) is 2.68. The van der Waals surface area contributed by atoms with E-state index in [1.807, 2.05) is 0 Å². The number of nitrogens with zero attached hydrogens (tertiary/aromatic N) is 2.